The lowest BCUT2D eigenvalue weighted by Crippen LogP contribution is -2.44. The molecule has 1 fully saturated rings. The molecule has 0 aliphatic carbocycles. The first-order chi connectivity index (χ1) is 15.3. The van der Waals surface area contributed by atoms with E-state index in [1.165, 1.54) is 15.9 Å². The van der Waals surface area contributed by atoms with Gasteiger partial charge in [-0.15, -0.1) is 24.0 Å². The van der Waals surface area contributed by atoms with Crippen LogP contribution in [0.4, 0.5) is 5.88 Å². The second-order valence-electron chi connectivity index (χ2n) is 7.64. The van der Waals surface area contributed by atoms with Gasteiger partial charge in [-0.25, -0.2) is 0 Å². The second-order valence-corrected chi connectivity index (χ2v) is 11.0. The van der Waals surface area contributed by atoms with E-state index in [1.54, 1.807) is 0 Å². The number of aromatic nitrogens is 1. The number of nitrogens with zero attached hydrogens (tertiary/aromatic N) is 2. The summed E-state index contributed by atoms with van der Waals surface area (Å²) in [4.78, 5) is 7.38. The van der Waals surface area contributed by atoms with Crippen LogP contribution in [-0.2, 0) is 4.74 Å². The molecule has 0 saturated carbocycles. The molecular weight excluding hydrogens is 530 g/mol. The molecule has 0 unspecified atom stereocenters. The zero-order valence-corrected chi connectivity index (χ0v) is 21.3. The minimum Gasteiger partial charge on any atom is -0.421 e. The van der Waals surface area contributed by atoms with E-state index in [1.807, 2.05) is 6.92 Å². The molecule has 0 spiro atoms. The van der Waals surface area contributed by atoms with Gasteiger partial charge in [0.05, 0.1) is 13.2 Å². The SMILES string of the molecule is Cc1nc([P+](c2ccccc2)(c2ccccc2)c2ccccc2)c(N2CCOCC2)o1.I. The van der Waals surface area contributed by atoms with Gasteiger partial charge in [0.25, 0.3) is 11.3 Å². The van der Waals surface area contributed by atoms with Crippen LogP contribution >= 0.6 is 31.2 Å². The standard InChI is InChI=1S/C26H26N2O2P.HI/c1-21-27-25(26(30-21)28-17-19-29-20-18-28)31(22-11-5-2-6-12-22,23-13-7-3-8-14-23)24-15-9-4-10-16-24;/h2-16H,17-20H2,1H3;1H/q+1;. The first-order valence-corrected chi connectivity index (χ1v) is 12.5. The normalized spacial score (nSPS) is 14.1. The number of ether oxygens (including phenoxy) is 1. The highest BCUT2D eigenvalue weighted by Crippen LogP contribution is 2.55. The fourth-order valence-corrected chi connectivity index (χ4v) is 8.62. The maximum absolute atomic E-state index is 6.31. The van der Waals surface area contributed by atoms with Gasteiger partial charge in [0.2, 0.25) is 0 Å². The predicted octanol–water partition coefficient (Wildman–Crippen LogP) is 4.06. The van der Waals surface area contributed by atoms with Crippen LogP contribution in [0.25, 0.3) is 0 Å². The molecule has 0 bridgehead atoms. The maximum Gasteiger partial charge on any atom is 0.261 e. The summed E-state index contributed by atoms with van der Waals surface area (Å²) in [5, 5.41) is 3.82. The zero-order chi connectivity index (χ0) is 21.1. The maximum atomic E-state index is 6.31. The van der Waals surface area contributed by atoms with Crippen molar-refractivity contribution in [3.63, 3.8) is 0 Å². The van der Waals surface area contributed by atoms with Crippen LogP contribution in [0.3, 0.4) is 0 Å². The van der Waals surface area contributed by atoms with Crippen LogP contribution in [0.2, 0.25) is 0 Å². The smallest absolute Gasteiger partial charge is 0.261 e. The number of aryl methyl sites for hydroxylation is 1. The Bertz CT molecular complexity index is 1030. The van der Waals surface area contributed by atoms with E-state index in [0.717, 1.165) is 24.4 Å². The number of morpholine rings is 1. The summed E-state index contributed by atoms with van der Waals surface area (Å²) in [5.74, 6) is 1.58. The van der Waals surface area contributed by atoms with Crippen LogP contribution in [0.15, 0.2) is 95.4 Å². The van der Waals surface area contributed by atoms with Gasteiger partial charge in [-0.1, -0.05) is 54.6 Å². The molecule has 2 heterocycles. The third kappa shape index (κ3) is 4.09. The van der Waals surface area contributed by atoms with E-state index in [2.05, 4.69) is 95.9 Å². The molecule has 1 aromatic heterocycles. The topological polar surface area (TPSA) is 38.5 Å². The number of oxazole rings is 1. The highest BCUT2D eigenvalue weighted by atomic mass is 127. The van der Waals surface area contributed by atoms with Crippen molar-refractivity contribution in [2.24, 2.45) is 0 Å². The van der Waals surface area contributed by atoms with Crippen LogP contribution in [0.5, 0.6) is 0 Å². The van der Waals surface area contributed by atoms with E-state index in [4.69, 9.17) is 14.1 Å². The summed E-state index contributed by atoms with van der Waals surface area (Å²) in [5.41, 5.74) is 1.04. The predicted molar refractivity (Wildman–Crippen MR) is 144 cm³/mol. The fourth-order valence-electron chi connectivity index (χ4n) is 4.37. The van der Waals surface area contributed by atoms with Gasteiger partial charge in [0.1, 0.15) is 15.9 Å². The molecule has 0 radical (unpaired) electrons. The van der Waals surface area contributed by atoms with Gasteiger partial charge in [0.15, 0.2) is 13.2 Å². The second kappa shape index (κ2) is 10.2. The number of benzene rings is 3. The molecule has 4 nitrogen and oxygen atoms in total. The fraction of sp³-hybridized carbons (Fsp3) is 0.192. The molecule has 0 atom stereocenters. The zero-order valence-electron chi connectivity index (χ0n) is 18.1. The molecule has 32 heavy (non-hydrogen) atoms. The quantitative estimate of drug-likeness (QED) is 0.274. The van der Waals surface area contributed by atoms with Crippen LogP contribution in [0, 0.1) is 6.92 Å². The first kappa shape index (κ1) is 23.0. The van der Waals surface area contributed by atoms with E-state index in [0.29, 0.717) is 19.1 Å². The van der Waals surface area contributed by atoms with Crippen molar-refractivity contribution in [3.8, 4) is 0 Å². The lowest BCUT2D eigenvalue weighted by Gasteiger charge is -2.30. The van der Waals surface area contributed by atoms with Gasteiger partial charge >= 0.3 is 0 Å². The first-order valence-electron chi connectivity index (χ1n) is 10.7. The van der Waals surface area contributed by atoms with E-state index in [9.17, 15) is 0 Å². The lowest BCUT2D eigenvalue weighted by atomic mass is 10.4. The van der Waals surface area contributed by atoms with Crippen LogP contribution in [-0.4, -0.2) is 31.3 Å². The third-order valence-electron chi connectivity index (χ3n) is 5.75. The number of anilines is 1. The highest BCUT2D eigenvalue weighted by molar-refractivity contribution is 14.0. The summed E-state index contributed by atoms with van der Waals surface area (Å²) in [7, 11) is -2.28. The van der Waals surface area contributed by atoms with Crippen molar-refractivity contribution < 1.29 is 9.15 Å². The summed E-state index contributed by atoms with van der Waals surface area (Å²) < 4.78 is 11.9. The molecule has 1 aliphatic heterocycles. The lowest BCUT2D eigenvalue weighted by molar-refractivity contribution is 0.120. The van der Waals surface area contributed by atoms with Crippen molar-refractivity contribution in [1.82, 2.24) is 4.98 Å². The summed E-state index contributed by atoms with van der Waals surface area (Å²) in [6.45, 7) is 4.96. The number of rotatable bonds is 5. The minimum atomic E-state index is -2.28. The van der Waals surface area contributed by atoms with Crippen molar-refractivity contribution in [1.29, 1.82) is 0 Å². The van der Waals surface area contributed by atoms with Gasteiger partial charge in [-0.05, 0) is 36.4 Å². The number of hydrogen-bond acceptors (Lipinski definition) is 4. The Kier molecular flexibility index (Phi) is 7.29. The van der Waals surface area contributed by atoms with E-state index >= 15 is 0 Å². The molecule has 1 aliphatic rings. The Hall–Kier alpha value is -2.21. The van der Waals surface area contributed by atoms with Gasteiger partial charge < -0.3 is 14.1 Å². The van der Waals surface area contributed by atoms with Gasteiger partial charge in [-0.2, -0.15) is 4.98 Å². The molecule has 1 saturated heterocycles. The molecule has 6 heteroatoms. The van der Waals surface area contributed by atoms with E-state index in [-0.39, 0.29) is 24.0 Å². The van der Waals surface area contributed by atoms with Crippen molar-refractivity contribution in [2.45, 2.75) is 6.92 Å². The van der Waals surface area contributed by atoms with Crippen molar-refractivity contribution in [3.05, 3.63) is 96.9 Å². The van der Waals surface area contributed by atoms with Crippen molar-refractivity contribution >= 4 is 58.5 Å². The number of hydrogen-bond donors (Lipinski definition) is 0. The van der Waals surface area contributed by atoms with Gasteiger partial charge in [0, 0.05) is 20.0 Å². The molecule has 164 valence electrons. The Labute approximate surface area is 207 Å². The molecule has 5 rings (SSSR count). The molecular formula is C26H27IN2O2P+. The van der Waals surface area contributed by atoms with E-state index < -0.39 is 7.26 Å². The summed E-state index contributed by atoms with van der Waals surface area (Å²) >= 11 is 0. The largest absolute Gasteiger partial charge is 0.421 e. The Morgan fingerprint density at radius 2 is 1.16 bits per heavy atom. The third-order valence-corrected chi connectivity index (χ3v) is 9.89. The van der Waals surface area contributed by atoms with Gasteiger partial charge in [-0.3, -0.25) is 0 Å². The Morgan fingerprint density at radius 3 is 1.59 bits per heavy atom. The number of halogens is 1. The van der Waals surface area contributed by atoms with Crippen LogP contribution in [0.1, 0.15) is 5.89 Å². The molecule has 0 amide bonds. The average molecular weight is 557 g/mol. The van der Waals surface area contributed by atoms with Crippen molar-refractivity contribution in [2.75, 3.05) is 31.2 Å². The highest BCUT2D eigenvalue weighted by Gasteiger charge is 2.53. The Balaban J connectivity index is 0.00000245. The van der Waals surface area contributed by atoms with Crippen LogP contribution < -0.4 is 26.2 Å². The summed E-state index contributed by atoms with van der Waals surface area (Å²) in [6.07, 6.45) is 0. The summed E-state index contributed by atoms with van der Waals surface area (Å²) in [6, 6.07) is 32.4. The minimum absolute atomic E-state index is 0. The molecule has 4 aromatic rings. The average Bonchev–Trinajstić information content (AvgIpc) is 3.24. The molecule has 0 N–H and O–H groups in total. The molecule has 3 aromatic carbocycles. The Morgan fingerprint density at radius 1 is 0.719 bits per heavy atom. The monoisotopic (exact) mass is 557 g/mol.